The highest BCUT2D eigenvalue weighted by molar-refractivity contribution is 6.31. The van der Waals surface area contributed by atoms with E-state index in [1.54, 1.807) is 24.1 Å². The fourth-order valence-electron chi connectivity index (χ4n) is 2.59. The molecule has 0 aliphatic rings. The topological polar surface area (TPSA) is 53.9 Å². The molecule has 2 amide bonds. The normalized spacial score (nSPS) is 11.7. The maximum Gasteiger partial charge on any atom is 0.281 e. The fourth-order valence-corrected chi connectivity index (χ4v) is 2.76. The van der Waals surface area contributed by atoms with Crippen molar-refractivity contribution in [3.63, 3.8) is 0 Å². The molecule has 0 aliphatic carbocycles. The summed E-state index contributed by atoms with van der Waals surface area (Å²) < 4.78 is 0. The molecule has 5 nitrogen and oxygen atoms in total. The standard InChI is InChI=1S/C20H24ClN3O2/c1-4-24(14-20(26)23(3)17-8-6-5-7-9-17)13-19(25)22-18-12-16(21)11-10-15(18)2/h5-12H,4,13-14H2,1-3H3,(H,22,25)/p+1. The van der Waals surface area contributed by atoms with Crippen LogP contribution in [0.2, 0.25) is 5.02 Å². The van der Waals surface area contributed by atoms with Gasteiger partial charge in [0.05, 0.1) is 6.54 Å². The summed E-state index contributed by atoms with van der Waals surface area (Å²) in [7, 11) is 1.75. The summed E-state index contributed by atoms with van der Waals surface area (Å²) >= 11 is 5.99. The highest BCUT2D eigenvalue weighted by atomic mass is 35.5. The molecule has 0 fully saturated rings. The number of nitrogens with zero attached hydrogens (tertiary/aromatic N) is 1. The Morgan fingerprint density at radius 3 is 2.46 bits per heavy atom. The first kappa shape index (κ1) is 19.9. The zero-order valence-electron chi connectivity index (χ0n) is 15.4. The quantitative estimate of drug-likeness (QED) is 0.780. The van der Waals surface area contributed by atoms with Gasteiger partial charge in [-0.3, -0.25) is 9.59 Å². The van der Waals surface area contributed by atoms with Gasteiger partial charge in [-0.05, 0) is 43.7 Å². The molecule has 0 aromatic heterocycles. The summed E-state index contributed by atoms with van der Waals surface area (Å²) in [4.78, 5) is 27.4. The van der Waals surface area contributed by atoms with Crippen LogP contribution >= 0.6 is 11.6 Å². The van der Waals surface area contributed by atoms with Crippen LogP contribution in [-0.4, -0.2) is 38.5 Å². The van der Waals surface area contributed by atoms with Crippen LogP contribution in [0.25, 0.3) is 0 Å². The molecule has 0 radical (unpaired) electrons. The molecule has 6 heteroatoms. The molecule has 2 aromatic rings. The second-order valence-corrected chi connectivity index (χ2v) is 6.69. The molecule has 0 aliphatic heterocycles. The number of benzene rings is 2. The van der Waals surface area contributed by atoms with E-state index in [1.165, 1.54) is 0 Å². The first-order valence-electron chi connectivity index (χ1n) is 8.62. The zero-order chi connectivity index (χ0) is 19.1. The maximum atomic E-state index is 12.5. The lowest BCUT2D eigenvalue weighted by atomic mass is 10.2. The van der Waals surface area contributed by atoms with Gasteiger partial charge < -0.3 is 15.1 Å². The van der Waals surface area contributed by atoms with E-state index in [0.717, 1.165) is 16.2 Å². The number of halogens is 1. The number of quaternary nitrogens is 1. The van der Waals surface area contributed by atoms with E-state index in [1.807, 2.05) is 50.2 Å². The summed E-state index contributed by atoms with van der Waals surface area (Å²) in [5, 5.41) is 3.46. The first-order valence-corrected chi connectivity index (χ1v) is 8.99. The maximum absolute atomic E-state index is 12.5. The van der Waals surface area contributed by atoms with Gasteiger partial charge >= 0.3 is 0 Å². The number of likely N-dealkylation sites (N-methyl/N-ethyl adjacent to an activating group) is 2. The van der Waals surface area contributed by atoms with Crippen molar-refractivity contribution in [3.8, 4) is 0 Å². The Bertz CT molecular complexity index is 765. The summed E-state index contributed by atoms with van der Waals surface area (Å²) in [5.41, 5.74) is 2.48. The Hall–Kier alpha value is -2.37. The summed E-state index contributed by atoms with van der Waals surface area (Å²) in [6.07, 6.45) is 0. The molecular formula is C20H25ClN3O2+. The number of para-hydroxylation sites is 1. The molecule has 0 saturated heterocycles. The minimum absolute atomic E-state index is 0.0280. The smallest absolute Gasteiger partial charge is 0.281 e. The third-order valence-electron chi connectivity index (χ3n) is 4.30. The minimum Gasteiger partial charge on any atom is -0.321 e. The number of carbonyl (C=O) groups excluding carboxylic acids is 2. The van der Waals surface area contributed by atoms with Gasteiger partial charge in [0, 0.05) is 23.4 Å². The van der Waals surface area contributed by atoms with Gasteiger partial charge in [-0.15, -0.1) is 0 Å². The van der Waals surface area contributed by atoms with Gasteiger partial charge in [0.1, 0.15) is 0 Å². The molecule has 0 spiro atoms. The van der Waals surface area contributed by atoms with E-state index in [0.29, 0.717) is 17.3 Å². The third-order valence-corrected chi connectivity index (χ3v) is 4.54. The fraction of sp³-hybridized carbons (Fsp3) is 0.300. The summed E-state index contributed by atoms with van der Waals surface area (Å²) in [6.45, 7) is 5.02. The molecule has 2 aromatic carbocycles. The average molecular weight is 375 g/mol. The van der Waals surface area contributed by atoms with Crippen LogP contribution in [0.1, 0.15) is 12.5 Å². The molecule has 2 rings (SSSR count). The van der Waals surface area contributed by atoms with Crippen LogP contribution in [-0.2, 0) is 9.59 Å². The SMILES string of the molecule is CC[NH+](CC(=O)Nc1cc(Cl)ccc1C)CC(=O)N(C)c1ccccc1. The largest absolute Gasteiger partial charge is 0.321 e. The molecule has 138 valence electrons. The number of amides is 2. The molecular weight excluding hydrogens is 350 g/mol. The Labute approximate surface area is 159 Å². The predicted molar refractivity (Wildman–Crippen MR) is 106 cm³/mol. The number of hydrogen-bond acceptors (Lipinski definition) is 2. The lowest BCUT2D eigenvalue weighted by molar-refractivity contribution is -0.881. The van der Waals surface area contributed by atoms with Crippen LogP contribution in [0, 0.1) is 6.92 Å². The van der Waals surface area contributed by atoms with E-state index in [9.17, 15) is 9.59 Å². The minimum atomic E-state index is -0.137. The number of hydrogen-bond donors (Lipinski definition) is 2. The van der Waals surface area contributed by atoms with Gasteiger partial charge in [-0.1, -0.05) is 35.9 Å². The lowest BCUT2D eigenvalue weighted by Crippen LogP contribution is -3.14. The van der Waals surface area contributed by atoms with Gasteiger partial charge in [-0.25, -0.2) is 0 Å². The molecule has 1 unspecified atom stereocenters. The number of nitrogens with one attached hydrogen (secondary N) is 2. The van der Waals surface area contributed by atoms with Crippen molar-refractivity contribution in [1.82, 2.24) is 0 Å². The molecule has 26 heavy (non-hydrogen) atoms. The van der Waals surface area contributed by atoms with Gasteiger partial charge in [-0.2, -0.15) is 0 Å². The van der Waals surface area contributed by atoms with Crippen molar-refractivity contribution >= 4 is 34.8 Å². The van der Waals surface area contributed by atoms with Gasteiger partial charge in [0.2, 0.25) is 0 Å². The third kappa shape index (κ3) is 5.58. The zero-order valence-corrected chi connectivity index (χ0v) is 16.1. The van der Waals surface area contributed by atoms with Crippen LogP contribution in [0.15, 0.2) is 48.5 Å². The van der Waals surface area contributed by atoms with E-state index >= 15 is 0 Å². The van der Waals surface area contributed by atoms with Crippen molar-refractivity contribution in [2.75, 3.05) is 36.9 Å². The van der Waals surface area contributed by atoms with Crippen LogP contribution in [0.5, 0.6) is 0 Å². The molecule has 0 heterocycles. The van der Waals surface area contributed by atoms with Gasteiger partial charge in [0.25, 0.3) is 11.8 Å². The predicted octanol–water partition coefficient (Wildman–Crippen LogP) is 2.15. The molecule has 0 bridgehead atoms. The highest BCUT2D eigenvalue weighted by Gasteiger charge is 2.20. The molecule has 0 saturated carbocycles. The van der Waals surface area contributed by atoms with Crippen LogP contribution in [0.4, 0.5) is 11.4 Å². The summed E-state index contributed by atoms with van der Waals surface area (Å²) in [6, 6.07) is 14.8. The number of aryl methyl sites for hydroxylation is 1. The van der Waals surface area contributed by atoms with Crippen molar-refractivity contribution in [3.05, 3.63) is 59.1 Å². The Balaban J connectivity index is 1.95. The Kier molecular flexibility index (Phi) is 7.18. The number of rotatable bonds is 7. The van der Waals surface area contributed by atoms with Crippen molar-refractivity contribution < 1.29 is 14.5 Å². The molecule has 1 atom stereocenters. The molecule has 2 N–H and O–H groups in total. The Morgan fingerprint density at radius 2 is 1.81 bits per heavy atom. The number of carbonyl (C=O) groups is 2. The van der Waals surface area contributed by atoms with E-state index in [2.05, 4.69) is 5.32 Å². The first-order chi connectivity index (χ1) is 12.4. The highest BCUT2D eigenvalue weighted by Crippen LogP contribution is 2.19. The van der Waals surface area contributed by atoms with E-state index < -0.39 is 0 Å². The second kappa shape index (κ2) is 9.36. The van der Waals surface area contributed by atoms with Crippen LogP contribution in [0.3, 0.4) is 0 Å². The van der Waals surface area contributed by atoms with Crippen molar-refractivity contribution in [2.24, 2.45) is 0 Å². The van der Waals surface area contributed by atoms with E-state index in [4.69, 9.17) is 11.6 Å². The van der Waals surface area contributed by atoms with E-state index in [-0.39, 0.29) is 24.9 Å². The monoisotopic (exact) mass is 374 g/mol. The van der Waals surface area contributed by atoms with Gasteiger partial charge in [0.15, 0.2) is 13.1 Å². The summed E-state index contributed by atoms with van der Waals surface area (Å²) in [5.74, 6) is -0.165. The Morgan fingerprint density at radius 1 is 1.12 bits per heavy atom. The lowest BCUT2D eigenvalue weighted by Gasteiger charge is -2.21. The van der Waals surface area contributed by atoms with Crippen molar-refractivity contribution in [1.29, 1.82) is 0 Å². The average Bonchev–Trinajstić information content (AvgIpc) is 2.64. The van der Waals surface area contributed by atoms with Crippen LogP contribution < -0.4 is 15.1 Å². The second-order valence-electron chi connectivity index (χ2n) is 6.25. The van der Waals surface area contributed by atoms with Crippen molar-refractivity contribution in [2.45, 2.75) is 13.8 Å². The number of anilines is 2.